The van der Waals surface area contributed by atoms with Gasteiger partial charge in [0.25, 0.3) is 5.91 Å². The molecule has 0 saturated carbocycles. The number of amides is 3. The number of aliphatic hydroxyl groups excluding tert-OH is 1. The Morgan fingerprint density at radius 1 is 1.27 bits per heavy atom. The lowest BCUT2D eigenvalue weighted by atomic mass is 10.2. The van der Waals surface area contributed by atoms with Crippen LogP contribution in [0.1, 0.15) is 10.4 Å². The van der Waals surface area contributed by atoms with E-state index in [2.05, 4.69) is 5.32 Å². The molecule has 0 spiro atoms. The minimum absolute atomic E-state index is 0.335. The van der Waals surface area contributed by atoms with Gasteiger partial charge in [0.1, 0.15) is 11.6 Å². The van der Waals surface area contributed by atoms with Gasteiger partial charge >= 0.3 is 11.8 Å². The maximum Gasteiger partial charge on any atom is 0.309 e. The van der Waals surface area contributed by atoms with Crippen LogP contribution in [0.3, 0.4) is 0 Å². The van der Waals surface area contributed by atoms with Gasteiger partial charge < -0.3 is 21.5 Å². The van der Waals surface area contributed by atoms with Crippen molar-refractivity contribution in [3.8, 4) is 0 Å². The smallest absolute Gasteiger partial charge is 0.309 e. The normalized spacial score (nSPS) is 11.6. The molecule has 0 aliphatic rings. The number of benzene rings is 1. The fourth-order valence-electron chi connectivity index (χ4n) is 1.43. The molecule has 0 heterocycles. The second kappa shape index (κ2) is 7.66. The molecular weight excluding hydrogens is 324 g/mol. The Hall–Kier alpha value is -2.26. The third-order valence-corrected chi connectivity index (χ3v) is 2.83. The highest BCUT2D eigenvalue weighted by Gasteiger charge is 2.19. The lowest BCUT2D eigenvalue weighted by molar-refractivity contribution is -0.137. The summed E-state index contributed by atoms with van der Waals surface area (Å²) >= 11 is 5.36. The fraction of sp³-hybridized carbons (Fsp3) is 0.250. The highest BCUT2D eigenvalue weighted by Crippen LogP contribution is 2.19. The molecule has 0 aliphatic heterocycles. The molecule has 1 aromatic carbocycles. The van der Waals surface area contributed by atoms with Crippen LogP contribution in [0.2, 0.25) is 5.02 Å². The summed E-state index contributed by atoms with van der Waals surface area (Å²) in [6.07, 6.45) is 0. The number of rotatable bonds is 5. The van der Waals surface area contributed by atoms with Crippen molar-refractivity contribution in [2.75, 3.05) is 13.2 Å². The first-order chi connectivity index (χ1) is 10.3. The van der Waals surface area contributed by atoms with E-state index in [1.807, 2.05) is 5.32 Å². The van der Waals surface area contributed by atoms with E-state index in [0.717, 1.165) is 0 Å². The van der Waals surface area contributed by atoms with Gasteiger partial charge in [-0.3, -0.25) is 14.4 Å². The van der Waals surface area contributed by atoms with E-state index in [4.69, 9.17) is 22.4 Å². The van der Waals surface area contributed by atoms with E-state index in [9.17, 15) is 23.2 Å². The Morgan fingerprint density at radius 2 is 1.91 bits per heavy atom. The molecule has 0 saturated heterocycles. The lowest BCUT2D eigenvalue weighted by Crippen LogP contribution is -2.49. The zero-order valence-electron chi connectivity index (χ0n) is 11.0. The monoisotopic (exact) mass is 335 g/mol. The van der Waals surface area contributed by atoms with Crippen molar-refractivity contribution in [1.82, 2.24) is 10.6 Å². The van der Waals surface area contributed by atoms with Crippen molar-refractivity contribution in [2.45, 2.75) is 6.04 Å². The number of aliphatic hydroxyl groups is 1. The van der Waals surface area contributed by atoms with Crippen molar-refractivity contribution in [3.63, 3.8) is 0 Å². The number of halogens is 3. The van der Waals surface area contributed by atoms with Crippen molar-refractivity contribution < 1.29 is 28.3 Å². The predicted octanol–water partition coefficient (Wildman–Crippen LogP) is -0.690. The zero-order valence-corrected chi connectivity index (χ0v) is 11.8. The number of nitrogens with two attached hydrogens (primary N) is 1. The molecule has 5 N–H and O–H groups in total. The summed E-state index contributed by atoms with van der Waals surface area (Å²) in [5, 5.41) is 12.7. The molecule has 1 atom stereocenters. The third-order valence-electron chi connectivity index (χ3n) is 2.54. The molecule has 10 heteroatoms. The molecule has 0 fully saturated rings. The topological polar surface area (TPSA) is 122 Å². The van der Waals surface area contributed by atoms with Gasteiger partial charge in [0.05, 0.1) is 23.2 Å². The second-order valence-corrected chi connectivity index (χ2v) is 4.58. The standard InChI is InChI=1S/C12H12ClF2N3O4/c13-7-2-8(14)6(1-9(7)15)11(21)17-3-5(4-19)18-12(22)10(16)20/h1-2,5,19H,3-4H2,(H2,16,20)(H,17,21)(H,18,22)/t5-/m0/s1. The average molecular weight is 336 g/mol. The van der Waals surface area contributed by atoms with Gasteiger partial charge in [-0.25, -0.2) is 8.78 Å². The van der Waals surface area contributed by atoms with E-state index in [0.29, 0.717) is 12.1 Å². The van der Waals surface area contributed by atoms with Crippen molar-refractivity contribution in [3.05, 3.63) is 34.4 Å². The van der Waals surface area contributed by atoms with Crippen LogP contribution >= 0.6 is 11.6 Å². The zero-order chi connectivity index (χ0) is 16.9. The van der Waals surface area contributed by atoms with E-state index in [1.165, 1.54) is 0 Å². The first kappa shape index (κ1) is 17.8. The highest BCUT2D eigenvalue weighted by atomic mass is 35.5. The number of hydrogen-bond acceptors (Lipinski definition) is 4. The molecule has 0 radical (unpaired) electrons. The number of hydrogen-bond donors (Lipinski definition) is 4. The van der Waals surface area contributed by atoms with Crippen LogP contribution in [-0.2, 0) is 9.59 Å². The Kier molecular flexibility index (Phi) is 6.20. The Balaban J connectivity index is 2.70. The summed E-state index contributed by atoms with van der Waals surface area (Å²) in [6.45, 7) is -0.950. The van der Waals surface area contributed by atoms with Crippen LogP contribution in [0.4, 0.5) is 8.78 Å². The van der Waals surface area contributed by atoms with Crippen LogP contribution in [0.25, 0.3) is 0 Å². The number of primary amides is 1. The van der Waals surface area contributed by atoms with Crippen LogP contribution in [0.15, 0.2) is 12.1 Å². The molecule has 7 nitrogen and oxygen atoms in total. The summed E-state index contributed by atoms with van der Waals surface area (Å²) in [5.41, 5.74) is 4.12. The van der Waals surface area contributed by atoms with Crippen molar-refractivity contribution in [2.24, 2.45) is 5.73 Å². The molecule has 0 bridgehead atoms. The molecule has 0 aromatic heterocycles. The molecule has 0 aliphatic carbocycles. The molecule has 3 amide bonds. The number of carbonyl (C=O) groups is 3. The maximum absolute atomic E-state index is 13.5. The Morgan fingerprint density at radius 3 is 2.45 bits per heavy atom. The van der Waals surface area contributed by atoms with E-state index >= 15 is 0 Å². The van der Waals surface area contributed by atoms with Crippen LogP contribution in [0, 0.1) is 11.6 Å². The molecule has 120 valence electrons. The lowest BCUT2D eigenvalue weighted by Gasteiger charge is -2.16. The summed E-state index contributed by atoms with van der Waals surface area (Å²) in [6, 6.07) is 0.233. The molecule has 1 rings (SSSR count). The fourth-order valence-corrected chi connectivity index (χ4v) is 1.58. The largest absolute Gasteiger partial charge is 0.394 e. The van der Waals surface area contributed by atoms with Gasteiger partial charge in [0.2, 0.25) is 0 Å². The van der Waals surface area contributed by atoms with E-state index in [1.54, 1.807) is 0 Å². The number of carbonyl (C=O) groups excluding carboxylic acids is 3. The molecule has 22 heavy (non-hydrogen) atoms. The van der Waals surface area contributed by atoms with Crippen molar-refractivity contribution in [1.29, 1.82) is 0 Å². The Labute approximate surface area is 128 Å². The summed E-state index contributed by atoms with van der Waals surface area (Å²) < 4.78 is 26.7. The first-order valence-corrected chi connectivity index (χ1v) is 6.28. The van der Waals surface area contributed by atoms with Crippen LogP contribution < -0.4 is 16.4 Å². The average Bonchev–Trinajstić information content (AvgIpc) is 2.46. The van der Waals surface area contributed by atoms with Gasteiger partial charge in [-0.05, 0) is 12.1 Å². The minimum Gasteiger partial charge on any atom is -0.394 e. The van der Waals surface area contributed by atoms with E-state index < -0.39 is 52.6 Å². The molecule has 1 aromatic rings. The Bertz CT molecular complexity index is 612. The number of nitrogens with one attached hydrogen (secondary N) is 2. The van der Waals surface area contributed by atoms with Crippen LogP contribution in [0.5, 0.6) is 0 Å². The highest BCUT2D eigenvalue weighted by molar-refractivity contribution is 6.34. The van der Waals surface area contributed by atoms with Gasteiger partial charge in [-0.15, -0.1) is 0 Å². The maximum atomic E-state index is 13.5. The van der Waals surface area contributed by atoms with Gasteiger partial charge in [0, 0.05) is 6.54 Å². The van der Waals surface area contributed by atoms with E-state index in [-0.39, 0.29) is 6.54 Å². The van der Waals surface area contributed by atoms with Crippen molar-refractivity contribution >= 4 is 29.3 Å². The van der Waals surface area contributed by atoms with Crippen LogP contribution in [-0.4, -0.2) is 42.0 Å². The van der Waals surface area contributed by atoms with Gasteiger partial charge in [-0.2, -0.15) is 0 Å². The predicted molar refractivity (Wildman–Crippen MR) is 71.9 cm³/mol. The quantitative estimate of drug-likeness (QED) is 0.420. The summed E-state index contributed by atoms with van der Waals surface area (Å²) in [4.78, 5) is 33.3. The summed E-state index contributed by atoms with van der Waals surface area (Å²) in [5.74, 6) is -5.42. The summed E-state index contributed by atoms with van der Waals surface area (Å²) in [7, 11) is 0. The first-order valence-electron chi connectivity index (χ1n) is 5.90. The third kappa shape index (κ3) is 4.64. The second-order valence-electron chi connectivity index (χ2n) is 4.17. The molecular formula is C12H12ClF2N3O4. The van der Waals surface area contributed by atoms with Gasteiger partial charge in [0.15, 0.2) is 0 Å². The molecule has 0 unspecified atom stereocenters. The minimum atomic E-state index is -1.27. The van der Waals surface area contributed by atoms with Gasteiger partial charge in [-0.1, -0.05) is 11.6 Å². The SMILES string of the molecule is NC(=O)C(=O)N[C@H](CO)CNC(=O)c1cc(F)c(Cl)cc1F.